The Hall–Kier alpha value is -9.92. The first-order chi connectivity index (χ1) is 58.3. The van der Waals surface area contributed by atoms with Gasteiger partial charge in [0.2, 0.25) is 47.8 Å². The number of primary amides is 1. The number of nitrogens with one attached hydrogen (secondary N) is 6. The maximum atomic E-state index is 16.5. The molecule has 7 aliphatic rings. The van der Waals surface area contributed by atoms with Gasteiger partial charge in [0.05, 0.1) is 52.4 Å². The highest BCUT2D eigenvalue weighted by atomic mass is 35.5. The number of benzene rings is 7. The first kappa shape index (κ1) is 92.3. The number of ketones is 2. The Morgan fingerprint density at radius 1 is 0.724 bits per heavy atom. The van der Waals surface area contributed by atoms with Crippen LogP contribution in [-0.4, -0.2) is 189 Å². The van der Waals surface area contributed by atoms with Gasteiger partial charge < -0.3 is 127 Å². The number of aromatic hydroxyl groups is 3. The Kier molecular flexibility index (Phi) is 29.3. The normalized spacial score (nSPS) is 26.5. The number of halogens is 3. The molecule has 0 radical (unpaired) electrons. The maximum Gasteiger partial charge on any atom is 0.326 e. The molecule has 19 N–H and O–H groups in total. The number of phenols is 3. The molecule has 3 unspecified atom stereocenters. The van der Waals surface area contributed by atoms with Crippen LogP contribution < -0.4 is 51.8 Å². The Morgan fingerprint density at radius 2 is 1.36 bits per heavy atom. The van der Waals surface area contributed by atoms with Crippen LogP contribution in [0.1, 0.15) is 142 Å². The van der Waals surface area contributed by atoms with Crippen LogP contribution in [0.2, 0.25) is 15.1 Å². The number of amides is 5. The van der Waals surface area contributed by atoms with Gasteiger partial charge in [0.15, 0.2) is 35.5 Å². The molecular formula is C85H95Cl3N7O27P. The number of nitrogens with two attached hydrogens (primary N) is 1. The van der Waals surface area contributed by atoms with E-state index in [4.69, 9.17) is 73.7 Å². The van der Waals surface area contributed by atoms with Crippen molar-refractivity contribution in [3.8, 4) is 68.2 Å². The summed E-state index contributed by atoms with van der Waals surface area (Å²) in [6.07, 6.45) is -23.1. The lowest BCUT2D eigenvalue weighted by molar-refractivity contribution is -0.334. The predicted octanol–water partition coefficient (Wildman–Crippen LogP) is 6.99. The molecule has 658 valence electrons. The van der Waals surface area contributed by atoms with Gasteiger partial charge in [-0.05, 0) is 138 Å². The van der Waals surface area contributed by atoms with Crippen LogP contribution >= 0.6 is 42.4 Å². The van der Waals surface area contributed by atoms with E-state index in [-0.39, 0.29) is 65.0 Å². The van der Waals surface area contributed by atoms with Gasteiger partial charge in [-0.1, -0.05) is 110 Å². The van der Waals surface area contributed by atoms with Gasteiger partial charge in [-0.25, -0.2) is 0 Å². The molecule has 18 atom stereocenters. The van der Waals surface area contributed by atoms with Gasteiger partial charge >= 0.3 is 7.60 Å². The molecule has 2 saturated heterocycles. The van der Waals surface area contributed by atoms with Crippen molar-refractivity contribution >= 4 is 90.0 Å². The molecule has 123 heavy (non-hydrogen) atoms. The molecule has 7 aromatic rings. The second-order valence-corrected chi connectivity index (χ2v) is 34.7. The van der Waals surface area contributed by atoms with E-state index in [1.54, 1.807) is 32.9 Å². The molecule has 0 aromatic heterocycles. The molecule has 14 rings (SSSR count). The maximum absolute atomic E-state index is 16.5. The third-order valence-corrected chi connectivity index (χ3v) is 24.1. The zero-order valence-corrected chi connectivity index (χ0v) is 70.1. The van der Waals surface area contributed by atoms with Crippen molar-refractivity contribution in [1.29, 1.82) is 0 Å². The topological polar surface area (TPSA) is 539 Å². The lowest BCUT2D eigenvalue weighted by atomic mass is 9.84. The summed E-state index contributed by atoms with van der Waals surface area (Å²) in [5.41, 5.74) is 4.32. The quantitative estimate of drug-likeness (QED) is 0.0174. The summed E-state index contributed by atoms with van der Waals surface area (Å²) in [6, 6.07) is 22.0. The Bertz CT molecular complexity index is 5180. The first-order valence-electron chi connectivity index (χ1n) is 39.5. The number of phenolic OH excluding ortho intramolecular Hbond substituents is 3. The van der Waals surface area contributed by atoms with Gasteiger partial charge in [-0.3, -0.25) is 42.9 Å². The van der Waals surface area contributed by atoms with Crippen molar-refractivity contribution in [2.45, 2.75) is 183 Å². The Balaban J connectivity index is 1.04. The van der Waals surface area contributed by atoms with Crippen molar-refractivity contribution in [2.24, 2.45) is 23.5 Å². The lowest BCUT2D eigenvalue weighted by Gasteiger charge is -2.48. The average Bonchev–Trinajstić information content (AvgIpc) is 0.758. The minimum absolute atomic E-state index is 0.0407. The summed E-state index contributed by atoms with van der Waals surface area (Å²) in [5.74, 6) is -17.7. The molecule has 2 fully saturated rings. The molecule has 11 bridgehead atoms. The molecule has 0 saturated carbocycles. The van der Waals surface area contributed by atoms with E-state index >= 15 is 24.0 Å². The van der Waals surface area contributed by atoms with E-state index in [1.807, 2.05) is 50.2 Å². The molecule has 7 aromatic carbocycles. The molecule has 5 amide bonds. The minimum atomic E-state index is -4.62. The highest BCUT2D eigenvalue weighted by molar-refractivity contribution is 7.51. The van der Waals surface area contributed by atoms with Gasteiger partial charge in [0, 0.05) is 78.5 Å². The second-order valence-electron chi connectivity index (χ2n) is 31.7. The van der Waals surface area contributed by atoms with Crippen molar-refractivity contribution in [2.75, 3.05) is 19.3 Å². The summed E-state index contributed by atoms with van der Waals surface area (Å²) in [6.45, 7) is 6.89. The van der Waals surface area contributed by atoms with Crippen LogP contribution in [-0.2, 0) is 75.0 Å². The van der Waals surface area contributed by atoms with Crippen LogP contribution in [0.25, 0.3) is 22.3 Å². The van der Waals surface area contributed by atoms with Crippen molar-refractivity contribution in [3.05, 3.63) is 175 Å². The summed E-state index contributed by atoms with van der Waals surface area (Å²) in [4.78, 5) is 138. The minimum Gasteiger partial charge on any atom is -0.507 e. The number of ether oxygens (including phenoxy) is 7. The van der Waals surface area contributed by atoms with Gasteiger partial charge in [0.25, 0.3) is 6.47 Å². The lowest BCUT2D eigenvalue weighted by Crippen LogP contribution is -2.65. The zero-order valence-electron chi connectivity index (χ0n) is 66.9. The Labute approximate surface area is 719 Å². The van der Waals surface area contributed by atoms with Gasteiger partial charge in [0.1, 0.15) is 77.4 Å². The Morgan fingerprint density at radius 3 is 1.96 bits per heavy atom. The van der Waals surface area contributed by atoms with E-state index in [9.17, 15) is 74.7 Å². The highest BCUT2D eigenvalue weighted by Gasteiger charge is 2.52. The fraction of sp³-hybridized carbons (Fsp3) is 0.412. The zero-order chi connectivity index (χ0) is 89.0. The number of aliphatic hydroxyl groups excluding tert-OH is 6. The van der Waals surface area contributed by atoms with E-state index in [0.717, 1.165) is 65.2 Å². The fourth-order valence-corrected chi connectivity index (χ4v) is 16.8. The molecular weight excluding hydrogens is 1690 g/mol. The summed E-state index contributed by atoms with van der Waals surface area (Å²) >= 11 is 20.6. The number of aliphatic hydroxyl groups is 6. The van der Waals surface area contributed by atoms with Crippen LogP contribution in [0.15, 0.2) is 121 Å². The standard InChI is InChI=1S/C85H95Cl3N7O27P/c1-6-41(23-38(2)3)79(109)93-69-58(100)27-48(30-65(89)102)80(110)92-68-47-28-62(118-60-19-14-45(71(69)103)25-54(60)87)76(122-84-77(75(107)74(106)64(36-96)120-84)121-66-33-85(5,78(108)39(4)117-66)91-34-40-7-9-42(10-8-40)43-11-16-49(86)17-12-43)63(29-47)119-61-20-15-46(26-55(61)88)72(104)70-82(112)95-83(116-37-97)52-32-57(99)53(35-90-21-22-123(113,114)115)73(105)67(52)51-24-44(13-18-56(51)98)50(31-59(68)101)81(111)94-70/h7-20,24-26,28-29,32,37-39,41,48,50,64,66,68-72,74-75,77-78,83-84,90-91,96,98-99,103-108H,6,21-23,27,30-31,33-36H2,1-5H3,(H2,89,102)(H,92,110)(H,93,109)(H,94,111)(H,95,112)(H2,113,114,115)/t39-,41+,48-,50-,64+,66-,68+,69-,70-,71+,72+,74?,75?,77+,78+,83+,84-,85?/m0/s1. The summed E-state index contributed by atoms with van der Waals surface area (Å²) in [5, 5.41) is 124. The number of fused-ring (bicyclic) bond motifs is 15. The molecule has 38 heteroatoms. The summed E-state index contributed by atoms with van der Waals surface area (Å²) < 4.78 is 57.0. The highest BCUT2D eigenvalue weighted by Crippen LogP contribution is 2.52. The number of carbonyl (C=O) groups excluding carboxylic acids is 8. The van der Waals surface area contributed by atoms with Crippen molar-refractivity contribution < 1.29 is 132 Å². The summed E-state index contributed by atoms with van der Waals surface area (Å²) in [7, 11) is -4.62. The van der Waals surface area contributed by atoms with Crippen molar-refractivity contribution in [3.63, 3.8) is 0 Å². The smallest absolute Gasteiger partial charge is 0.326 e. The largest absolute Gasteiger partial charge is 0.507 e. The van der Waals surface area contributed by atoms with Crippen molar-refractivity contribution in [1.82, 2.24) is 31.9 Å². The van der Waals surface area contributed by atoms with Crippen LogP contribution in [0, 0.1) is 17.8 Å². The number of carbonyl (C=O) groups is 8. The predicted molar refractivity (Wildman–Crippen MR) is 441 cm³/mol. The SMILES string of the molecule is CC[C@H](CC(C)C)C(=O)N[C@H]1C(=O)C[C@@H](CC(N)=O)C(=O)N[C@H]2C(=O)C[C@@H]3C(=O)N[C@H](C(=O)N[C@H](OC=O)c4cc(O)c(CNCCP(=O)(O)O)c(O)c4-c4cc3ccc4O)[C@H](O)c3ccc(c(Cl)c3)Oc3cc2cc(c3O[C@@H]2O[C@H](CO)C(O)C(O)[C@H]2O[C@H]2CC(C)(NCc3ccc(-c4ccc(Cl)cc4)cc3)[C@H](O)[C@H](C)O2)Oc2ccc(cc2Cl)[C@H]1O. The molecule has 0 spiro atoms. The number of rotatable bonds is 23. The van der Waals surface area contributed by atoms with Gasteiger partial charge in [-0.15, -0.1) is 0 Å². The molecule has 7 aliphatic heterocycles. The van der Waals surface area contributed by atoms with Crippen LogP contribution in [0.5, 0.6) is 46.0 Å². The van der Waals surface area contributed by atoms with E-state index < -0.39 is 270 Å². The number of hydrogen-bond acceptors (Lipinski definition) is 27. The average molecular weight is 1780 g/mol. The molecule has 0 aliphatic carbocycles. The molecule has 7 heterocycles. The van der Waals surface area contributed by atoms with Crippen LogP contribution in [0.4, 0.5) is 0 Å². The van der Waals surface area contributed by atoms with E-state index in [2.05, 4.69) is 31.9 Å². The monoisotopic (exact) mass is 1780 g/mol. The third-order valence-electron chi connectivity index (χ3n) is 22.5. The first-order valence-corrected chi connectivity index (χ1v) is 42.4. The number of hydrogen-bond donors (Lipinski definition) is 18. The van der Waals surface area contributed by atoms with E-state index in [1.165, 1.54) is 24.3 Å². The third kappa shape index (κ3) is 21.2. The second kappa shape index (κ2) is 39.1. The fourth-order valence-electron chi connectivity index (χ4n) is 15.8. The molecule has 34 nitrogen and oxygen atoms in total. The van der Waals surface area contributed by atoms with E-state index in [0.29, 0.717) is 11.4 Å². The number of Topliss-reactive ketones (excluding diaryl/α,β-unsaturated/α-hetero) is 2. The van der Waals surface area contributed by atoms with Crippen LogP contribution in [0.3, 0.4) is 0 Å². The van der Waals surface area contributed by atoms with Gasteiger partial charge in [-0.2, -0.15) is 0 Å².